The summed E-state index contributed by atoms with van der Waals surface area (Å²) < 4.78 is 1.65. The summed E-state index contributed by atoms with van der Waals surface area (Å²) in [5.41, 5.74) is 1.01. The molecule has 0 unspecified atom stereocenters. The highest BCUT2D eigenvalue weighted by Gasteiger charge is 1.95. The Morgan fingerprint density at radius 2 is 1.64 bits per heavy atom. The average Bonchev–Trinajstić information content (AvgIpc) is 2.12. The Balaban J connectivity index is 0.000000845. The van der Waals surface area contributed by atoms with E-state index in [1.165, 1.54) is 0 Å². The number of aryl methyl sites for hydroxylation is 1. The lowest BCUT2D eigenvalue weighted by Crippen LogP contribution is -2.14. The predicted molar refractivity (Wildman–Crippen MR) is 63.7 cm³/mol. The standard InChI is InChI=1S/C10H9NO.2ClH/c1-11-9-5-3-2-4-8(9)6-7-10(11)12;;/h2-7H,1H3;2*1H. The third kappa shape index (κ3) is 2.08. The van der Waals surface area contributed by atoms with Crippen LogP contribution in [-0.2, 0) is 7.05 Å². The van der Waals surface area contributed by atoms with E-state index in [4.69, 9.17) is 0 Å². The first kappa shape index (κ1) is 13.0. The first-order chi connectivity index (χ1) is 5.79. The maximum absolute atomic E-state index is 11.2. The molecule has 0 saturated heterocycles. The monoisotopic (exact) mass is 231 g/mol. The summed E-state index contributed by atoms with van der Waals surface area (Å²) in [5.74, 6) is 0. The first-order valence-corrected chi connectivity index (χ1v) is 3.84. The Labute approximate surface area is 94.4 Å². The number of hydrogen-bond acceptors (Lipinski definition) is 1. The molecule has 0 spiro atoms. The highest BCUT2D eigenvalue weighted by atomic mass is 35.5. The Bertz CT molecular complexity index is 479. The zero-order valence-corrected chi connectivity index (χ0v) is 9.27. The number of nitrogens with zero attached hydrogens (tertiary/aromatic N) is 1. The van der Waals surface area contributed by atoms with Gasteiger partial charge in [-0.1, -0.05) is 18.2 Å². The molecule has 0 bridgehead atoms. The van der Waals surface area contributed by atoms with Crippen molar-refractivity contribution in [1.29, 1.82) is 0 Å². The van der Waals surface area contributed by atoms with Gasteiger partial charge in [0.2, 0.25) is 0 Å². The predicted octanol–water partition coefficient (Wildman–Crippen LogP) is 2.38. The number of fused-ring (bicyclic) bond motifs is 1. The minimum atomic E-state index is 0. The summed E-state index contributed by atoms with van der Waals surface area (Å²) in [6.45, 7) is 0. The van der Waals surface area contributed by atoms with Crippen LogP contribution in [0.3, 0.4) is 0 Å². The van der Waals surface area contributed by atoms with Gasteiger partial charge in [-0.3, -0.25) is 4.79 Å². The van der Waals surface area contributed by atoms with Gasteiger partial charge in [-0.05, 0) is 17.5 Å². The second-order valence-corrected chi connectivity index (χ2v) is 2.79. The molecule has 2 nitrogen and oxygen atoms in total. The van der Waals surface area contributed by atoms with Gasteiger partial charge in [-0.2, -0.15) is 0 Å². The van der Waals surface area contributed by atoms with Crippen LogP contribution in [0, 0.1) is 0 Å². The molecule has 2 aromatic rings. The SMILES string of the molecule is Cl.Cl.Cn1c(=O)ccc2ccccc21. The fraction of sp³-hybridized carbons (Fsp3) is 0.100. The van der Waals surface area contributed by atoms with Crippen LogP contribution in [0.4, 0.5) is 0 Å². The largest absolute Gasteiger partial charge is 0.311 e. The van der Waals surface area contributed by atoms with Gasteiger partial charge in [0.15, 0.2) is 0 Å². The number of pyridine rings is 1. The zero-order chi connectivity index (χ0) is 8.55. The van der Waals surface area contributed by atoms with Gasteiger partial charge in [0.05, 0.1) is 5.52 Å². The Kier molecular flexibility index (Phi) is 4.68. The van der Waals surface area contributed by atoms with E-state index < -0.39 is 0 Å². The van der Waals surface area contributed by atoms with E-state index in [2.05, 4.69) is 0 Å². The molecular weight excluding hydrogens is 221 g/mol. The molecule has 0 fully saturated rings. The van der Waals surface area contributed by atoms with E-state index in [0.29, 0.717) is 0 Å². The molecule has 0 saturated carbocycles. The topological polar surface area (TPSA) is 22.0 Å². The van der Waals surface area contributed by atoms with Crippen molar-refractivity contribution >= 4 is 35.7 Å². The molecule has 1 aromatic carbocycles. The number of rotatable bonds is 0. The van der Waals surface area contributed by atoms with Crippen molar-refractivity contribution in [3.05, 3.63) is 46.8 Å². The van der Waals surface area contributed by atoms with Gasteiger partial charge < -0.3 is 4.57 Å². The molecule has 2 rings (SSSR count). The van der Waals surface area contributed by atoms with Crippen LogP contribution >= 0.6 is 24.8 Å². The molecule has 0 radical (unpaired) electrons. The molecule has 0 aliphatic rings. The molecule has 0 atom stereocenters. The highest BCUT2D eigenvalue weighted by molar-refractivity contribution is 5.85. The lowest BCUT2D eigenvalue weighted by molar-refractivity contribution is 0.906. The molecule has 0 amide bonds. The van der Waals surface area contributed by atoms with Crippen LogP contribution < -0.4 is 5.56 Å². The number of hydrogen-bond donors (Lipinski definition) is 0. The van der Waals surface area contributed by atoms with Crippen molar-refractivity contribution in [3.63, 3.8) is 0 Å². The fourth-order valence-electron chi connectivity index (χ4n) is 1.33. The van der Waals surface area contributed by atoms with Crippen molar-refractivity contribution in [2.24, 2.45) is 7.05 Å². The number of benzene rings is 1. The van der Waals surface area contributed by atoms with Gasteiger partial charge in [-0.15, -0.1) is 24.8 Å². The third-order valence-electron chi connectivity index (χ3n) is 2.03. The van der Waals surface area contributed by atoms with Gasteiger partial charge in [-0.25, -0.2) is 0 Å². The highest BCUT2D eigenvalue weighted by Crippen LogP contribution is 2.08. The smallest absolute Gasteiger partial charge is 0.250 e. The summed E-state index contributed by atoms with van der Waals surface area (Å²) >= 11 is 0. The summed E-state index contributed by atoms with van der Waals surface area (Å²) in [7, 11) is 1.78. The van der Waals surface area contributed by atoms with Crippen LogP contribution in [0.5, 0.6) is 0 Å². The zero-order valence-electron chi connectivity index (χ0n) is 7.64. The molecule has 4 heteroatoms. The first-order valence-electron chi connectivity index (χ1n) is 3.84. The molecule has 0 N–H and O–H groups in total. The van der Waals surface area contributed by atoms with Crippen LogP contribution in [0.1, 0.15) is 0 Å². The second kappa shape index (κ2) is 5.03. The van der Waals surface area contributed by atoms with Crippen LogP contribution in [0.15, 0.2) is 41.2 Å². The van der Waals surface area contributed by atoms with Crippen LogP contribution in [0.25, 0.3) is 10.9 Å². The maximum atomic E-state index is 11.2. The number of aromatic nitrogens is 1. The van der Waals surface area contributed by atoms with Gasteiger partial charge in [0.25, 0.3) is 5.56 Å². The van der Waals surface area contributed by atoms with Crippen molar-refractivity contribution in [3.8, 4) is 0 Å². The van der Waals surface area contributed by atoms with Gasteiger partial charge >= 0.3 is 0 Å². The van der Waals surface area contributed by atoms with E-state index in [0.717, 1.165) is 10.9 Å². The van der Waals surface area contributed by atoms with E-state index >= 15 is 0 Å². The second-order valence-electron chi connectivity index (χ2n) is 2.79. The van der Waals surface area contributed by atoms with Crippen LogP contribution in [-0.4, -0.2) is 4.57 Å². The fourth-order valence-corrected chi connectivity index (χ4v) is 1.33. The van der Waals surface area contributed by atoms with Crippen molar-refractivity contribution < 1.29 is 0 Å². The van der Waals surface area contributed by atoms with Gasteiger partial charge in [0.1, 0.15) is 0 Å². The normalized spacial score (nSPS) is 8.93. The lowest BCUT2D eigenvalue weighted by atomic mass is 10.2. The summed E-state index contributed by atoms with van der Waals surface area (Å²) in [6.07, 6.45) is 0. The van der Waals surface area contributed by atoms with Crippen molar-refractivity contribution in [2.75, 3.05) is 0 Å². The summed E-state index contributed by atoms with van der Waals surface area (Å²) in [4.78, 5) is 11.2. The van der Waals surface area contributed by atoms with E-state index in [9.17, 15) is 4.79 Å². The maximum Gasteiger partial charge on any atom is 0.250 e. The average molecular weight is 232 g/mol. The third-order valence-corrected chi connectivity index (χ3v) is 2.03. The Morgan fingerprint density at radius 3 is 2.36 bits per heavy atom. The molecule has 1 aromatic heterocycles. The lowest BCUT2D eigenvalue weighted by Gasteiger charge is -2.01. The van der Waals surface area contributed by atoms with E-state index in [1.807, 2.05) is 30.3 Å². The number of para-hydroxylation sites is 1. The van der Waals surface area contributed by atoms with E-state index in [1.54, 1.807) is 17.7 Å². The Morgan fingerprint density at radius 1 is 1.00 bits per heavy atom. The minimum Gasteiger partial charge on any atom is -0.311 e. The molecule has 0 aliphatic carbocycles. The minimum absolute atomic E-state index is 0. The Hall–Kier alpha value is -0.990. The summed E-state index contributed by atoms with van der Waals surface area (Å²) in [6, 6.07) is 11.3. The van der Waals surface area contributed by atoms with Crippen molar-refractivity contribution in [2.45, 2.75) is 0 Å². The molecule has 1 heterocycles. The van der Waals surface area contributed by atoms with Crippen molar-refractivity contribution in [1.82, 2.24) is 4.57 Å². The van der Waals surface area contributed by atoms with Gasteiger partial charge in [0, 0.05) is 13.1 Å². The van der Waals surface area contributed by atoms with Crippen LogP contribution in [0.2, 0.25) is 0 Å². The molecule has 0 aliphatic heterocycles. The molecular formula is C10H11Cl2NO. The van der Waals surface area contributed by atoms with E-state index in [-0.39, 0.29) is 30.4 Å². The molecule has 76 valence electrons. The quantitative estimate of drug-likeness (QED) is 0.683. The number of halogens is 2. The summed E-state index contributed by atoms with van der Waals surface area (Å²) in [5, 5.41) is 1.10. The molecule has 14 heavy (non-hydrogen) atoms.